The molecule has 0 fully saturated rings. The Morgan fingerprint density at radius 2 is 1.56 bits per heavy atom. The SMILES string of the molecule is COc1ccc(C2=CC(=O)CC(c3ccc(OC)c(OC)c3)C2)cc1. The summed E-state index contributed by atoms with van der Waals surface area (Å²) in [5, 5.41) is 0. The Balaban J connectivity index is 1.87. The minimum absolute atomic E-state index is 0.134. The quantitative estimate of drug-likeness (QED) is 0.818. The van der Waals surface area contributed by atoms with Crippen molar-refractivity contribution < 1.29 is 19.0 Å². The maximum absolute atomic E-state index is 12.3. The third kappa shape index (κ3) is 3.68. The van der Waals surface area contributed by atoms with Crippen molar-refractivity contribution in [2.24, 2.45) is 0 Å². The standard InChI is InChI=1S/C21H22O4/c1-23-19-7-4-14(5-8-19)16-10-17(12-18(22)11-16)15-6-9-20(24-2)21(13-15)25-3/h4-9,11,13,17H,10,12H2,1-3H3. The number of ketones is 1. The highest BCUT2D eigenvalue weighted by Crippen LogP contribution is 2.39. The number of ether oxygens (including phenoxy) is 3. The van der Waals surface area contributed by atoms with E-state index in [1.54, 1.807) is 27.4 Å². The minimum Gasteiger partial charge on any atom is -0.497 e. The molecule has 0 radical (unpaired) electrons. The Kier molecular flexibility index (Phi) is 5.08. The zero-order chi connectivity index (χ0) is 17.8. The first-order valence-electron chi connectivity index (χ1n) is 8.24. The van der Waals surface area contributed by atoms with Gasteiger partial charge in [0.15, 0.2) is 17.3 Å². The molecule has 1 aliphatic carbocycles. The summed E-state index contributed by atoms with van der Waals surface area (Å²) in [5.74, 6) is 2.47. The fraction of sp³-hybridized carbons (Fsp3) is 0.286. The molecule has 1 unspecified atom stereocenters. The lowest BCUT2D eigenvalue weighted by molar-refractivity contribution is -0.115. The fourth-order valence-corrected chi connectivity index (χ4v) is 3.24. The molecule has 2 aromatic carbocycles. The van der Waals surface area contributed by atoms with Crippen LogP contribution in [0.5, 0.6) is 17.2 Å². The van der Waals surface area contributed by atoms with E-state index in [2.05, 4.69) is 0 Å². The predicted octanol–water partition coefficient (Wildman–Crippen LogP) is 4.24. The molecular formula is C21H22O4. The first kappa shape index (κ1) is 17.1. The van der Waals surface area contributed by atoms with Gasteiger partial charge >= 0.3 is 0 Å². The van der Waals surface area contributed by atoms with E-state index in [0.29, 0.717) is 17.9 Å². The van der Waals surface area contributed by atoms with Crippen LogP contribution in [0.3, 0.4) is 0 Å². The second-order valence-electron chi connectivity index (χ2n) is 6.08. The van der Waals surface area contributed by atoms with Crippen molar-refractivity contribution in [1.29, 1.82) is 0 Å². The number of allylic oxidation sites excluding steroid dienone is 2. The molecule has 0 bridgehead atoms. The Hall–Kier alpha value is -2.75. The maximum Gasteiger partial charge on any atom is 0.160 e. The van der Waals surface area contributed by atoms with Crippen LogP contribution >= 0.6 is 0 Å². The molecule has 0 aliphatic heterocycles. The van der Waals surface area contributed by atoms with Gasteiger partial charge in [-0.1, -0.05) is 18.2 Å². The molecule has 0 amide bonds. The van der Waals surface area contributed by atoms with E-state index in [-0.39, 0.29) is 11.7 Å². The third-order valence-corrected chi connectivity index (χ3v) is 4.59. The highest BCUT2D eigenvalue weighted by molar-refractivity contribution is 5.99. The first-order chi connectivity index (χ1) is 12.1. The smallest absolute Gasteiger partial charge is 0.160 e. The zero-order valence-corrected chi connectivity index (χ0v) is 14.7. The number of methoxy groups -OCH3 is 3. The summed E-state index contributed by atoms with van der Waals surface area (Å²) in [6.45, 7) is 0. The Labute approximate surface area is 148 Å². The van der Waals surface area contributed by atoms with Crippen molar-refractivity contribution in [1.82, 2.24) is 0 Å². The Morgan fingerprint density at radius 3 is 2.20 bits per heavy atom. The van der Waals surface area contributed by atoms with Crippen LogP contribution in [-0.4, -0.2) is 27.1 Å². The molecule has 1 atom stereocenters. The second kappa shape index (κ2) is 7.43. The summed E-state index contributed by atoms with van der Waals surface area (Å²) in [5.41, 5.74) is 3.20. The molecule has 3 rings (SSSR count). The fourth-order valence-electron chi connectivity index (χ4n) is 3.24. The lowest BCUT2D eigenvalue weighted by Gasteiger charge is -2.23. The predicted molar refractivity (Wildman–Crippen MR) is 97.5 cm³/mol. The van der Waals surface area contributed by atoms with Crippen LogP contribution < -0.4 is 14.2 Å². The van der Waals surface area contributed by atoms with E-state index in [1.165, 1.54) is 0 Å². The third-order valence-electron chi connectivity index (χ3n) is 4.59. The largest absolute Gasteiger partial charge is 0.497 e. The van der Waals surface area contributed by atoms with Crippen LogP contribution in [-0.2, 0) is 4.79 Å². The van der Waals surface area contributed by atoms with Crippen LogP contribution in [0.2, 0.25) is 0 Å². The number of benzene rings is 2. The van der Waals surface area contributed by atoms with Gasteiger partial charge in [0.05, 0.1) is 21.3 Å². The lowest BCUT2D eigenvalue weighted by atomic mass is 9.81. The molecule has 1 aliphatic rings. The number of hydrogen-bond acceptors (Lipinski definition) is 4. The molecule has 4 heteroatoms. The second-order valence-corrected chi connectivity index (χ2v) is 6.08. The van der Waals surface area contributed by atoms with Gasteiger partial charge in [-0.25, -0.2) is 0 Å². The Bertz CT molecular complexity index is 790. The number of hydrogen-bond donors (Lipinski definition) is 0. The zero-order valence-electron chi connectivity index (χ0n) is 14.7. The lowest BCUT2D eigenvalue weighted by Crippen LogP contribution is -2.12. The van der Waals surface area contributed by atoms with Crippen LogP contribution in [0.1, 0.15) is 29.9 Å². The van der Waals surface area contributed by atoms with Crippen molar-refractivity contribution >= 4 is 11.4 Å². The monoisotopic (exact) mass is 338 g/mol. The van der Waals surface area contributed by atoms with Gasteiger partial charge in [-0.3, -0.25) is 4.79 Å². The average molecular weight is 338 g/mol. The molecule has 4 nitrogen and oxygen atoms in total. The molecule has 130 valence electrons. The summed E-state index contributed by atoms with van der Waals surface area (Å²) in [4.78, 5) is 12.3. The van der Waals surface area contributed by atoms with Gasteiger partial charge in [0.1, 0.15) is 5.75 Å². The molecule has 0 heterocycles. The summed E-state index contributed by atoms with van der Waals surface area (Å²) < 4.78 is 15.9. The summed E-state index contributed by atoms with van der Waals surface area (Å²) in [6.07, 6.45) is 3.09. The molecule has 0 aromatic heterocycles. The summed E-state index contributed by atoms with van der Waals surface area (Å²) in [6, 6.07) is 13.7. The van der Waals surface area contributed by atoms with E-state index >= 15 is 0 Å². The van der Waals surface area contributed by atoms with Gasteiger partial charge in [-0.15, -0.1) is 0 Å². The summed E-state index contributed by atoms with van der Waals surface area (Å²) >= 11 is 0. The molecule has 25 heavy (non-hydrogen) atoms. The minimum atomic E-state index is 0.134. The van der Waals surface area contributed by atoms with Crippen molar-refractivity contribution in [3.63, 3.8) is 0 Å². The highest BCUT2D eigenvalue weighted by Gasteiger charge is 2.24. The van der Waals surface area contributed by atoms with E-state index in [4.69, 9.17) is 14.2 Å². The van der Waals surface area contributed by atoms with Crippen LogP contribution in [0, 0.1) is 0 Å². The molecule has 0 saturated carbocycles. The van der Waals surface area contributed by atoms with Crippen molar-refractivity contribution in [2.45, 2.75) is 18.8 Å². The first-order valence-corrected chi connectivity index (χ1v) is 8.24. The van der Waals surface area contributed by atoms with Crippen molar-refractivity contribution in [2.75, 3.05) is 21.3 Å². The molecule has 0 N–H and O–H groups in total. The molecule has 0 spiro atoms. The van der Waals surface area contributed by atoms with Gasteiger partial charge in [0, 0.05) is 6.42 Å². The van der Waals surface area contributed by atoms with E-state index in [0.717, 1.165) is 28.9 Å². The molecule has 0 saturated heterocycles. The van der Waals surface area contributed by atoms with E-state index < -0.39 is 0 Å². The van der Waals surface area contributed by atoms with Gasteiger partial charge in [0.2, 0.25) is 0 Å². The number of rotatable bonds is 5. The normalized spacial score (nSPS) is 17.0. The van der Waals surface area contributed by atoms with Crippen molar-refractivity contribution in [3.05, 3.63) is 59.7 Å². The maximum atomic E-state index is 12.3. The number of carbonyl (C=O) groups excluding carboxylic acids is 1. The van der Waals surface area contributed by atoms with Gasteiger partial charge in [-0.2, -0.15) is 0 Å². The molecular weight excluding hydrogens is 316 g/mol. The van der Waals surface area contributed by atoms with Gasteiger partial charge in [0.25, 0.3) is 0 Å². The average Bonchev–Trinajstić information content (AvgIpc) is 2.67. The highest BCUT2D eigenvalue weighted by atomic mass is 16.5. The van der Waals surface area contributed by atoms with E-state index in [9.17, 15) is 4.79 Å². The Morgan fingerprint density at radius 1 is 0.840 bits per heavy atom. The van der Waals surface area contributed by atoms with Crippen LogP contribution in [0.15, 0.2) is 48.5 Å². The number of carbonyl (C=O) groups is 1. The van der Waals surface area contributed by atoms with Crippen molar-refractivity contribution in [3.8, 4) is 17.2 Å². The van der Waals surface area contributed by atoms with Crippen LogP contribution in [0.25, 0.3) is 5.57 Å². The van der Waals surface area contributed by atoms with Gasteiger partial charge < -0.3 is 14.2 Å². The molecule has 2 aromatic rings. The van der Waals surface area contributed by atoms with Gasteiger partial charge in [-0.05, 0) is 59.4 Å². The van der Waals surface area contributed by atoms with E-state index in [1.807, 2.05) is 42.5 Å². The topological polar surface area (TPSA) is 44.8 Å². The summed E-state index contributed by atoms with van der Waals surface area (Å²) in [7, 11) is 4.88. The van der Waals surface area contributed by atoms with Crippen LogP contribution in [0.4, 0.5) is 0 Å².